The van der Waals surface area contributed by atoms with Gasteiger partial charge in [0, 0.05) is 29.6 Å². The highest BCUT2D eigenvalue weighted by Gasteiger charge is 2.22. The molecule has 0 N–H and O–H groups in total. The molecule has 2 heterocycles. The quantitative estimate of drug-likeness (QED) is 0.279. The molecule has 0 atom stereocenters. The number of hydrogen-bond donors (Lipinski definition) is 0. The fraction of sp³-hybridized carbons (Fsp3) is 0.345. The average Bonchev–Trinajstić information content (AvgIpc) is 3.14. The summed E-state index contributed by atoms with van der Waals surface area (Å²) in [6.45, 7) is 8.43. The van der Waals surface area contributed by atoms with E-state index in [2.05, 4.69) is 59.7 Å². The number of rotatable bonds is 6. The monoisotopic (exact) mass is 491 g/mol. The summed E-state index contributed by atoms with van der Waals surface area (Å²) in [7, 11) is 0. The number of halogens is 2. The molecule has 0 amide bonds. The van der Waals surface area contributed by atoms with Gasteiger partial charge in [-0.15, -0.1) is 0 Å². The average molecular weight is 492 g/mol. The van der Waals surface area contributed by atoms with E-state index >= 15 is 0 Å². The summed E-state index contributed by atoms with van der Waals surface area (Å²) in [5.41, 5.74) is 7.53. The zero-order chi connectivity index (χ0) is 23.7. The van der Waals surface area contributed by atoms with E-state index in [1.807, 2.05) is 24.3 Å². The maximum Gasteiger partial charge on any atom is 0.110 e. The number of aryl methyl sites for hydroxylation is 2. The minimum absolute atomic E-state index is 0.657. The van der Waals surface area contributed by atoms with Crippen molar-refractivity contribution < 1.29 is 0 Å². The largest absolute Gasteiger partial charge is 0.323 e. The van der Waals surface area contributed by atoms with Crippen molar-refractivity contribution in [2.24, 2.45) is 5.92 Å². The van der Waals surface area contributed by atoms with Crippen molar-refractivity contribution in [3.63, 3.8) is 0 Å². The van der Waals surface area contributed by atoms with Crippen molar-refractivity contribution >= 4 is 34.2 Å². The smallest absolute Gasteiger partial charge is 0.110 e. The van der Waals surface area contributed by atoms with E-state index in [0.29, 0.717) is 5.92 Å². The first kappa shape index (κ1) is 23.4. The maximum absolute atomic E-state index is 6.13. The van der Waals surface area contributed by atoms with Crippen LogP contribution in [0, 0.1) is 19.8 Å². The molecule has 0 saturated carbocycles. The van der Waals surface area contributed by atoms with Crippen LogP contribution in [0.3, 0.4) is 0 Å². The SMILES string of the molecule is Cc1cc2nc(CC3CCN(Cc4ccc(Cl)cc4)CC3)n(Cc3ccc(Cl)cc3)c2cc1C. The van der Waals surface area contributed by atoms with Gasteiger partial charge in [-0.25, -0.2) is 4.98 Å². The predicted molar refractivity (Wildman–Crippen MR) is 143 cm³/mol. The van der Waals surface area contributed by atoms with Crippen LogP contribution in [0.1, 0.15) is 40.9 Å². The Labute approximate surface area is 212 Å². The van der Waals surface area contributed by atoms with Gasteiger partial charge in [-0.05, 0) is 104 Å². The fourth-order valence-corrected chi connectivity index (χ4v) is 5.24. The number of hydrogen-bond acceptors (Lipinski definition) is 2. The summed E-state index contributed by atoms with van der Waals surface area (Å²) in [4.78, 5) is 7.69. The van der Waals surface area contributed by atoms with Gasteiger partial charge in [-0.1, -0.05) is 47.5 Å². The standard InChI is InChI=1S/C29H31Cl2N3/c1-20-15-27-28(16-21(20)2)34(19-24-5-9-26(31)10-6-24)29(32-27)17-22-11-13-33(14-12-22)18-23-3-7-25(30)8-4-23/h3-10,15-16,22H,11-14,17-19H2,1-2H3. The van der Waals surface area contributed by atoms with Gasteiger partial charge in [0.25, 0.3) is 0 Å². The second-order valence-electron chi connectivity index (χ2n) is 9.72. The van der Waals surface area contributed by atoms with E-state index in [1.54, 1.807) is 0 Å². The van der Waals surface area contributed by atoms with Crippen molar-refractivity contribution in [3.05, 3.63) is 98.8 Å². The lowest BCUT2D eigenvalue weighted by Crippen LogP contribution is -2.34. The minimum atomic E-state index is 0.657. The van der Waals surface area contributed by atoms with E-state index in [-0.39, 0.29) is 0 Å². The molecule has 1 fully saturated rings. The molecule has 1 aliphatic heterocycles. The van der Waals surface area contributed by atoms with Gasteiger partial charge < -0.3 is 4.57 Å². The van der Waals surface area contributed by atoms with Gasteiger partial charge in [0.15, 0.2) is 0 Å². The highest BCUT2D eigenvalue weighted by atomic mass is 35.5. The van der Waals surface area contributed by atoms with E-state index in [1.165, 1.54) is 46.4 Å². The number of nitrogens with zero attached hydrogens (tertiary/aromatic N) is 3. The molecule has 176 valence electrons. The Bertz CT molecular complexity index is 1270. The Morgan fingerprint density at radius 3 is 1.97 bits per heavy atom. The van der Waals surface area contributed by atoms with Crippen LogP contribution < -0.4 is 0 Å². The summed E-state index contributed by atoms with van der Waals surface area (Å²) in [6.07, 6.45) is 3.43. The molecule has 1 aromatic heterocycles. The third-order valence-electron chi connectivity index (χ3n) is 7.19. The van der Waals surface area contributed by atoms with Crippen LogP contribution in [0.15, 0.2) is 60.7 Å². The molecule has 3 nitrogen and oxygen atoms in total. The van der Waals surface area contributed by atoms with Gasteiger partial charge in [0.1, 0.15) is 5.82 Å². The van der Waals surface area contributed by atoms with Gasteiger partial charge >= 0.3 is 0 Å². The van der Waals surface area contributed by atoms with E-state index in [0.717, 1.165) is 48.2 Å². The molecule has 1 saturated heterocycles. The van der Waals surface area contributed by atoms with E-state index < -0.39 is 0 Å². The summed E-state index contributed by atoms with van der Waals surface area (Å²) < 4.78 is 2.42. The molecular weight excluding hydrogens is 461 g/mol. The molecule has 0 bridgehead atoms. The fourth-order valence-electron chi connectivity index (χ4n) is 4.99. The Morgan fingerprint density at radius 2 is 1.35 bits per heavy atom. The second kappa shape index (κ2) is 10.1. The molecule has 1 aliphatic rings. The van der Waals surface area contributed by atoms with Crippen molar-refractivity contribution in [2.75, 3.05) is 13.1 Å². The van der Waals surface area contributed by atoms with Gasteiger partial charge in [-0.2, -0.15) is 0 Å². The van der Waals surface area contributed by atoms with Gasteiger partial charge in [0.2, 0.25) is 0 Å². The summed E-state index contributed by atoms with van der Waals surface area (Å²) in [5.74, 6) is 1.86. The molecule has 0 spiro atoms. The third kappa shape index (κ3) is 5.33. The number of piperidine rings is 1. The summed E-state index contributed by atoms with van der Waals surface area (Å²) >= 11 is 12.2. The van der Waals surface area contributed by atoms with Crippen LogP contribution in [0.25, 0.3) is 11.0 Å². The zero-order valence-electron chi connectivity index (χ0n) is 19.9. The van der Waals surface area contributed by atoms with Crippen molar-refractivity contribution in [1.29, 1.82) is 0 Å². The highest BCUT2D eigenvalue weighted by molar-refractivity contribution is 6.30. The lowest BCUT2D eigenvalue weighted by molar-refractivity contribution is 0.175. The number of imidazole rings is 1. The number of likely N-dealkylation sites (tertiary alicyclic amines) is 1. The van der Waals surface area contributed by atoms with Crippen LogP contribution in [0.2, 0.25) is 10.0 Å². The van der Waals surface area contributed by atoms with Crippen LogP contribution in [-0.4, -0.2) is 27.5 Å². The molecule has 0 radical (unpaired) electrons. The first-order valence-corrected chi connectivity index (χ1v) is 12.9. The predicted octanol–water partition coefficient (Wildman–Crippen LogP) is 7.46. The lowest BCUT2D eigenvalue weighted by atomic mass is 9.93. The van der Waals surface area contributed by atoms with Crippen LogP contribution >= 0.6 is 23.2 Å². The molecule has 4 aromatic rings. The van der Waals surface area contributed by atoms with E-state index in [4.69, 9.17) is 28.2 Å². The number of fused-ring (bicyclic) bond motifs is 1. The van der Waals surface area contributed by atoms with Crippen molar-refractivity contribution in [1.82, 2.24) is 14.5 Å². The normalized spacial score (nSPS) is 15.3. The first-order valence-electron chi connectivity index (χ1n) is 12.1. The zero-order valence-corrected chi connectivity index (χ0v) is 21.4. The number of benzene rings is 3. The lowest BCUT2D eigenvalue weighted by Gasteiger charge is -2.32. The second-order valence-corrected chi connectivity index (χ2v) is 10.6. The number of aromatic nitrogens is 2. The summed E-state index contributed by atoms with van der Waals surface area (Å²) in [6, 6.07) is 21.0. The van der Waals surface area contributed by atoms with Gasteiger partial charge in [0.05, 0.1) is 11.0 Å². The van der Waals surface area contributed by atoms with E-state index in [9.17, 15) is 0 Å². The third-order valence-corrected chi connectivity index (χ3v) is 7.70. The van der Waals surface area contributed by atoms with Crippen LogP contribution in [-0.2, 0) is 19.5 Å². The Morgan fingerprint density at radius 1 is 0.794 bits per heavy atom. The van der Waals surface area contributed by atoms with Crippen LogP contribution in [0.5, 0.6) is 0 Å². The highest BCUT2D eigenvalue weighted by Crippen LogP contribution is 2.27. The topological polar surface area (TPSA) is 21.1 Å². The molecule has 0 unspecified atom stereocenters. The molecule has 3 aromatic carbocycles. The minimum Gasteiger partial charge on any atom is -0.323 e. The molecule has 5 heteroatoms. The Balaban J connectivity index is 1.32. The molecule has 0 aliphatic carbocycles. The maximum atomic E-state index is 6.13. The molecular formula is C29H31Cl2N3. The summed E-state index contributed by atoms with van der Waals surface area (Å²) in [5, 5.41) is 1.57. The molecule has 34 heavy (non-hydrogen) atoms. The Kier molecular flexibility index (Phi) is 6.96. The first-order chi connectivity index (χ1) is 16.4. The Hall–Kier alpha value is -2.33. The molecule has 5 rings (SSSR count). The van der Waals surface area contributed by atoms with Crippen molar-refractivity contribution in [3.8, 4) is 0 Å². The van der Waals surface area contributed by atoms with Crippen molar-refractivity contribution in [2.45, 2.75) is 46.2 Å². The van der Waals surface area contributed by atoms with Crippen LogP contribution in [0.4, 0.5) is 0 Å². The van der Waals surface area contributed by atoms with Gasteiger partial charge in [-0.3, -0.25) is 4.90 Å².